The first-order valence-electron chi connectivity index (χ1n) is 8.80. The number of rotatable bonds is 0. The Labute approximate surface area is 153 Å². The lowest BCUT2D eigenvalue weighted by atomic mass is 9.74. The molecular weight excluding hydrogens is 320 g/mol. The van der Waals surface area contributed by atoms with Gasteiger partial charge >= 0.3 is 0 Å². The van der Waals surface area contributed by atoms with Gasteiger partial charge in [0.1, 0.15) is 0 Å². The minimum atomic E-state index is -0.260. The van der Waals surface area contributed by atoms with E-state index in [9.17, 15) is 9.59 Å². The second-order valence-electron chi connectivity index (χ2n) is 7.75. The minimum absolute atomic E-state index is 0.0187. The lowest BCUT2D eigenvalue weighted by molar-refractivity contribution is 0.101. The lowest BCUT2D eigenvalue weighted by Gasteiger charge is -2.29. The molecule has 0 atom stereocenters. The van der Waals surface area contributed by atoms with Gasteiger partial charge in [0.15, 0.2) is 11.6 Å². The highest BCUT2D eigenvalue weighted by Crippen LogP contribution is 2.42. The molecule has 0 aromatic heterocycles. The summed E-state index contributed by atoms with van der Waals surface area (Å²) in [4.78, 5) is 25.3. The number of ketones is 2. The molecule has 0 saturated heterocycles. The summed E-state index contributed by atoms with van der Waals surface area (Å²) in [6.45, 7) is 6.17. The van der Waals surface area contributed by atoms with Crippen LogP contribution >= 0.6 is 0 Å². The molecule has 2 aromatic carbocycles. The molecule has 2 nitrogen and oxygen atoms in total. The maximum absolute atomic E-state index is 13.0. The van der Waals surface area contributed by atoms with Gasteiger partial charge in [0.2, 0.25) is 0 Å². The molecule has 2 heteroatoms. The predicted molar refractivity (Wildman–Crippen MR) is 105 cm³/mol. The van der Waals surface area contributed by atoms with Crippen LogP contribution in [0.1, 0.15) is 52.6 Å². The van der Waals surface area contributed by atoms with Crippen LogP contribution in [0.4, 0.5) is 0 Å². The van der Waals surface area contributed by atoms with E-state index in [2.05, 4.69) is 20.8 Å². The monoisotopic (exact) mass is 340 g/mol. The smallest absolute Gasteiger partial charge is 0.190 e. The van der Waals surface area contributed by atoms with E-state index in [-0.39, 0.29) is 17.0 Å². The summed E-state index contributed by atoms with van der Waals surface area (Å²) >= 11 is 0. The van der Waals surface area contributed by atoms with Gasteiger partial charge in [-0.3, -0.25) is 9.59 Å². The van der Waals surface area contributed by atoms with Crippen LogP contribution in [-0.2, 0) is 0 Å². The van der Waals surface area contributed by atoms with Crippen LogP contribution in [-0.4, -0.2) is 11.6 Å². The fourth-order valence-electron chi connectivity index (χ4n) is 3.63. The molecule has 4 rings (SSSR count). The van der Waals surface area contributed by atoms with Crippen molar-refractivity contribution < 1.29 is 9.59 Å². The molecule has 0 N–H and O–H groups in total. The summed E-state index contributed by atoms with van der Waals surface area (Å²) in [5.41, 5.74) is 5.80. The van der Waals surface area contributed by atoms with E-state index >= 15 is 0 Å². The van der Waals surface area contributed by atoms with E-state index in [4.69, 9.17) is 0 Å². The van der Waals surface area contributed by atoms with Crippen LogP contribution in [0.3, 0.4) is 0 Å². The van der Waals surface area contributed by atoms with Crippen molar-refractivity contribution in [3.05, 3.63) is 94.6 Å². The zero-order valence-corrected chi connectivity index (χ0v) is 15.2. The van der Waals surface area contributed by atoms with E-state index < -0.39 is 0 Å². The average molecular weight is 340 g/mol. The molecular formula is C24H20O2. The van der Waals surface area contributed by atoms with Crippen molar-refractivity contribution in [1.29, 1.82) is 0 Å². The van der Waals surface area contributed by atoms with Crippen LogP contribution in [0.2, 0.25) is 0 Å². The summed E-state index contributed by atoms with van der Waals surface area (Å²) in [7, 11) is 0. The normalized spacial score (nSPS) is 19.1. The number of hydrogen-bond donors (Lipinski definition) is 0. The van der Waals surface area contributed by atoms with E-state index in [0.717, 1.165) is 33.4 Å². The summed E-state index contributed by atoms with van der Waals surface area (Å²) in [6, 6.07) is 15.4. The molecule has 0 fully saturated rings. The molecule has 0 heterocycles. The van der Waals surface area contributed by atoms with Crippen molar-refractivity contribution in [3.63, 3.8) is 0 Å². The molecule has 0 aliphatic heterocycles. The zero-order valence-electron chi connectivity index (χ0n) is 15.2. The highest BCUT2D eigenvalue weighted by molar-refractivity contribution is 6.22. The lowest BCUT2D eigenvalue weighted by Crippen LogP contribution is -2.22. The average Bonchev–Trinajstić information content (AvgIpc) is 2.62. The molecule has 0 amide bonds. The SMILES string of the molecule is CC(C)(C)C1=C/C(=C2/C=CC(=O)c3ccccc32)c2ccccc2C1=O. The maximum atomic E-state index is 13.0. The summed E-state index contributed by atoms with van der Waals surface area (Å²) in [5, 5.41) is 0. The van der Waals surface area contributed by atoms with Gasteiger partial charge < -0.3 is 0 Å². The van der Waals surface area contributed by atoms with E-state index in [1.807, 2.05) is 60.7 Å². The number of hydrogen-bond acceptors (Lipinski definition) is 2. The third-order valence-electron chi connectivity index (χ3n) is 4.98. The fraction of sp³-hybridized carbons (Fsp3) is 0.167. The fourth-order valence-corrected chi connectivity index (χ4v) is 3.63. The Balaban J connectivity index is 2.08. The van der Waals surface area contributed by atoms with Crippen LogP contribution in [0.25, 0.3) is 11.1 Å². The molecule has 0 unspecified atom stereocenters. The zero-order chi connectivity index (χ0) is 18.5. The van der Waals surface area contributed by atoms with Gasteiger partial charge in [-0.05, 0) is 45.9 Å². The van der Waals surface area contributed by atoms with Gasteiger partial charge in [-0.2, -0.15) is 0 Å². The van der Waals surface area contributed by atoms with Crippen molar-refractivity contribution in [2.24, 2.45) is 5.41 Å². The minimum Gasteiger partial charge on any atom is -0.289 e. The van der Waals surface area contributed by atoms with Crippen LogP contribution in [0.15, 0.2) is 72.3 Å². The summed E-state index contributed by atoms with van der Waals surface area (Å²) in [5.74, 6) is 0.103. The van der Waals surface area contributed by atoms with Gasteiger partial charge in [-0.25, -0.2) is 0 Å². The van der Waals surface area contributed by atoms with Crippen LogP contribution in [0.5, 0.6) is 0 Å². The summed E-state index contributed by atoms with van der Waals surface area (Å²) < 4.78 is 0. The van der Waals surface area contributed by atoms with Crippen molar-refractivity contribution in [2.75, 3.05) is 0 Å². The standard InChI is InChI=1S/C24H20O2/c1-24(2,3)21-14-20(16-9-5-7-11-19(16)23(21)26)17-12-13-22(25)18-10-6-4-8-15(17)18/h4-14H,1-3H3/b20-17+. The van der Waals surface area contributed by atoms with Gasteiger partial charge in [0.25, 0.3) is 0 Å². The van der Waals surface area contributed by atoms with Gasteiger partial charge in [0.05, 0.1) is 0 Å². The Bertz CT molecular complexity index is 1040. The first kappa shape index (κ1) is 16.5. The molecule has 0 bridgehead atoms. The number of Topliss-reactive ketones (excluding diaryl/α,β-unsaturated/α-hetero) is 1. The molecule has 26 heavy (non-hydrogen) atoms. The predicted octanol–water partition coefficient (Wildman–Crippen LogP) is 5.52. The third-order valence-corrected chi connectivity index (χ3v) is 4.98. The van der Waals surface area contributed by atoms with Crippen molar-refractivity contribution in [2.45, 2.75) is 20.8 Å². The second-order valence-corrected chi connectivity index (χ2v) is 7.75. The van der Waals surface area contributed by atoms with Gasteiger partial charge in [-0.1, -0.05) is 69.3 Å². The largest absolute Gasteiger partial charge is 0.289 e. The molecule has 0 radical (unpaired) electrons. The van der Waals surface area contributed by atoms with Crippen molar-refractivity contribution in [3.8, 4) is 0 Å². The number of benzene rings is 2. The highest BCUT2D eigenvalue weighted by Gasteiger charge is 2.32. The van der Waals surface area contributed by atoms with Gasteiger partial charge in [-0.15, -0.1) is 0 Å². The topological polar surface area (TPSA) is 34.1 Å². The molecule has 0 spiro atoms. The van der Waals surface area contributed by atoms with E-state index in [1.54, 1.807) is 6.08 Å². The number of allylic oxidation sites excluding steroid dienone is 6. The van der Waals surface area contributed by atoms with Crippen LogP contribution in [0, 0.1) is 5.41 Å². The first-order valence-corrected chi connectivity index (χ1v) is 8.80. The molecule has 2 aliphatic rings. The number of fused-ring (bicyclic) bond motifs is 2. The Hall–Kier alpha value is -3.00. The Morgan fingerprint density at radius 1 is 0.654 bits per heavy atom. The Morgan fingerprint density at radius 3 is 1.81 bits per heavy atom. The van der Waals surface area contributed by atoms with Crippen LogP contribution < -0.4 is 0 Å². The maximum Gasteiger partial charge on any atom is 0.190 e. The Kier molecular flexibility index (Phi) is 3.66. The van der Waals surface area contributed by atoms with Crippen molar-refractivity contribution in [1.82, 2.24) is 0 Å². The summed E-state index contributed by atoms with van der Waals surface area (Å²) in [6.07, 6.45) is 5.51. The number of carbonyl (C=O) groups is 2. The Morgan fingerprint density at radius 2 is 1.19 bits per heavy atom. The van der Waals surface area contributed by atoms with E-state index in [0.29, 0.717) is 5.56 Å². The number of carbonyl (C=O) groups excluding carboxylic acids is 2. The molecule has 128 valence electrons. The third kappa shape index (κ3) is 2.50. The quantitative estimate of drug-likeness (QED) is 0.633. The highest BCUT2D eigenvalue weighted by atomic mass is 16.1. The van der Waals surface area contributed by atoms with Crippen molar-refractivity contribution >= 4 is 22.7 Å². The first-order chi connectivity index (χ1) is 12.4. The van der Waals surface area contributed by atoms with Gasteiger partial charge in [0, 0.05) is 16.7 Å². The molecule has 2 aliphatic carbocycles. The van der Waals surface area contributed by atoms with E-state index in [1.165, 1.54) is 0 Å². The molecule has 0 saturated carbocycles. The molecule has 2 aromatic rings. The second kappa shape index (κ2) is 5.77.